The van der Waals surface area contributed by atoms with Gasteiger partial charge in [-0.3, -0.25) is 0 Å². The van der Waals surface area contributed by atoms with Crippen LogP contribution in [0.15, 0.2) is 43.8 Å². The molecule has 0 bridgehead atoms. The SMILES string of the molecule is C=C(CC)c1ccc2c(c1)NC(=C)N(C)C2=C. The average Bonchev–Trinajstić information content (AvgIpc) is 2.34. The van der Waals surface area contributed by atoms with E-state index in [4.69, 9.17) is 0 Å². The maximum absolute atomic E-state index is 4.08. The number of benzene rings is 1. The first-order chi connectivity index (χ1) is 8.04. The third-order valence-corrected chi connectivity index (χ3v) is 3.25. The molecule has 0 spiro atoms. The fraction of sp³-hybridized carbons (Fsp3) is 0.200. The molecule has 0 amide bonds. The van der Waals surface area contributed by atoms with Gasteiger partial charge in [0.05, 0.1) is 0 Å². The lowest BCUT2D eigenvalue weighted by atomic mass is 9.99. The first kappa shape index (κ1) is 11.5. The van der Waals surface area contributed by atoms with E-state index in [9.17, 15) is 0 Å². The van der Waals surface area contributed by atoms with Crippen LogP contribution in [0.5, 0.6) is 0 Å². The molecular weight excluding hydrogens is 208 g/mol. The summed E-state index contributed by atoms with van der Waals surface area (Å²) in [6, 6.07) is 6.30. The first-order valence-corrected chi connectivity index (χ1v) is 5.75. The number of nitrogens with zero attached hydrogens (tertiary/aromatic N) is 1. The van der Waals surface area contributed by atoms with Gasteiger partial charge in [-0.25, -0.2) is 0 Å². The fourth-order valence-corrected chi connectivity index (χ4v) is 1.91. The van der Waals surface area contributed by atoms with Gasteiger partial charge >= 0.3 is 0 Å². The molecular formula is C15H18N2. The van der Waals surface area contributed by atoms with E-state index >= 15 is 0 Å². The second kappa shape index (κ2) is 4.13. The van der Waals surface area contributed by atoms with Gasteiger partial charge < -0.3 is 10.2 Å². The maximum Gasteiger partial charge on any atom is 0.103 e. The number of fused-ring (bicyclic) bond motifs is 1. The zero-order valence-electron chi connectivity index (χ0n) is 10.5. The predicted molar refractivity (Wildman–Crippen MR) is 75.3 cm³/mol. The molecule has 1 aliphatic rings. The minimum absolute atomic E-state index is 0.849. The Kier molecular flexibility index (Phi) is 2.80. The molecule has 0 aromatic heterocycles. The van der Waals surface area contributed by atoms with Gasteiger partial charge in [0.15, 0.2) is 0 Å². The molecule has 2 heteroatoms. The van der Waals surface area contributed by atoms with E-state index in [1.165, 1.54) is 5.56 Å². The van der Waals surface area contributed by atoms with Crippen LogP contribution in [0.1, 0.15) is 24.5 Å². The van der Waals surface area contributed by atoms with Crippen molar-refractivity contribution in [1.29, 1.82) is 0 Å². The Bertz CT molecular complexity index is 512. The number of anilines is 1. The van der Waals surface area contributed by atoms with E-state index in [1.807, 2.05) is 11.9 Å². The van der Waals surface area contributed by atoms with Crippen LogP contribution in [-0.2, 0) is 0 Å². The molecule has 2 nitrogen and oxygen atoms in total. The van der Waals surface area contributed by atoms with Gasteiger partial charge in [0.1, 0.15) is 5.82 Å². The standard InChI is InChI=1S/C15H18N2/c1-6-10(2)13-7-8-14-11(3)17(5)12(4)16-15(14)9-13/h7-9,16H,2-4,6H2,1,5H3. The third kappa shape index (κ3) is 1.86. The van der Waals surface area contributed by atoms with E-state index in [0.29, 0.717) is 0 Å². The van der Waals surface area contributed by atoms with Crippen molar-refractivity contribution >= 4 is 17.0 Å². The number of allylic oxidation sites excluding steroid dienone is 1. The van der Waals surface area contributed by atoms with Gasteiger partial charge in [0, 0.05) is 24.0 Å². The van der Waals surface area contributed by atoms with E-state index < -0.39 is 0 Å². The van der Waals surface area contributed by atoms with Crippen LogP contribution >= 0.6 is 0 Å². The van der Waals surface area contributed by atoms with Crippen molar-refractivity contribution in [1.82, 2.24) is 4.90 Å². The summed E-state index contributed by atoms with van der Waals surface area (Å²) in [4.78, 5) is 1.96. The molecule has 0 saturated carbocycles. The molecule has 0 radical (unpaired) electrons. The molecule has 1 aromatic carbocycles. The van der Waals surface area contributed by atoms with Gasteiger partial charge in [-0.15, -0.1) is 0 Å². The van der Waals surface area contributed by atoms with Crippen molar-refractivity contribution < 1.29 is 0 Å². The Morgan fingerprint density at radius 3 is 2.71 bits per heavy atom. The van der Waals surface area contributed by atoms with Crippen molar-refractivity contribution in [2.75, 3.05) is 12.4 Å². The molecule has 0 unspecified atom stereocenters. The minimum Gasteiger partial charge on any atom is -0.342 e. The Morgan fingerprint density at radius 1 is 1.35 bits per heavy atom. The van der Waals surface area contributed by atoms with Crippen LogP contribution in [-0.4, -0.2) is 11.9 Å². The van der Waals surface area contributed by atoms with Gasteiger partial charge in [0.2, 0.25) is 0 Å². The van der Waals surface area contributed by atoms with Crippen molar-refractivity contribution in [3.8, 4) is 0 Å². The maximum atomic E-state index is 4.08. The lowest BCUT2D eigenvalue weighted by Crippen LogP contribution is -2.25. The Morgan fingerprint density at radius 2 is 2.06 bits per heavy atom. The number of hydrogen-bond acceptors (Lipinski definition) is 2. The number of rotatable bonds is 2. The first-order valence-electron chi connectivity index (χ1n) is 5.75. The van der Waals surface area contributed by atoms with Gasteiger partial charge in [0.25, 0.3) is 0 Å². The second-order valence-electron chi connectivity index (χ2n) is 4.29. The Hall–Kier alpha value is -1.96. The van der Waals surface area contributed by atoms with Crippen molar-refractivity contribution in [2.24, 2.45) is 0 Å². The lowest BCUT2D eigenvalue weighted by Gasteiger charge is -2.32. The lowest BCUT2D eigenvalue weighted by molar-refractivity contribution is 0.598. The highest BCUT2D eigenvalue weighted by Gasteiger charge is 2.19. The van der Waals surface area contributed by atoms with E-state index in [0.717, 1.165) is 34.8 Å². The molecule has 1 heterocycles. The highest BCUT2D eigenvalue weighted by atomic mass is 15.2. The molecule has 0 atom stereocenters. The van der Waals surface area contributed by atoms with Crippen LogP contribution < -0.4 is 5.32 Å². The van der Waals surface area contributed by atoms with Crippen LogP contribution in [0, 0.1) is 0 Å². The average molecular weight is 226 g/mol. The highest BCUT2D eigenvalue weighted by molar-refractivity contribution is 5.82. The van der Waals surface area contributed by atoms with Crippen molar-refractivity contribution in [2.45, 2.75) is 13.3 Å². The summed E-state index contributed by atoms with van der Waals surface area (Å²) in [6.45, 7) is 14.2. The molecule has 2 rings (SSSR count). The molecule has 0 saturated heterocycles. The van der Waals surface area contributed by atoms with E-state index in [-0.39, 0.29) is 0 Å². The molecule has 0 aliphatic carbocycles. The number of hydrogen-bond donors (Lipinski definition) is 1. The van der Waals surface area contributed by atoms with Crippen molar-refractivity contribution in [3.05, 3.63) is 54.9 Å². The van der Waals surface area contributed by atoms with E-state index in [1.54, 1.807) is 0 Å². The van der Waals surface area contributed by atoms with E-state index in [2.05, 4.69) is 50.2 Å². The molecule has 1 N–H and O–H groups in total. The molecule has 1 aliphatic heterocycles. The molecule has 88 valence electrons. The largest absolute Gasteiger partial charge is 0.342 e. The summed E-state index contributed by atoms with van der Waals surface area (Å²) in [5, 5.41) is 3.29. The van der Waals surface area contributed by atoms with Gasteiger partial charge in [-0.1, -0.05) is 38.8 Å². The number of nitrogens with one attached hydrogen (secondary N) is 1. The monoisotopic (exact) mass is 226 g/mol. The topological polar surface area (TPSA) is 15.3 Å². The van der Waals surface area contributed by atoms with Gasteiger partial charge in [-0.05, 0) is 23.6 Å². The highest BCUT2D eigenvalue weighted by Crippen LogP contribution is 2.34. The minimum atomic E-state index is 0.849. The second-order valence-corrected chi connectivity index (χ2v) is 4.29. The normalized spacial score (nSPS) is 14.4. The summed E-state index contributed by atoms with van der Waals surface area (Å²) in [7, 11) is 1.96. The van der Waals surface area contributed by atoms with Crippen LogP contribution in [0.3, 0.4) is 0 Å². The third-order valence-electron chi connectivity index (χ3n) is 3.25. The quantitative estimate of drug-likeness (QED) is 0.822. The summed E-state index contributed by atoms with van der Waals surface area (Å²) in [5.41, 5.74) is 5.46. The Balaban J connectivity index is 2.47. The zero-order valence-corrected chi connectivity index (χ0v) is 10.5. The summed E-state index contributed by atoms with van der Waals surface area (Å²) >= 11 is 0. The smallest absolute Gasteiger partial charge is 0.103 e. The fourth-order valence-electron chi connectivity index (χ4n) is 1.91. The van der Waals surface area contributed by atoms with Gasteiger partial charge in [-0.2, -0.15) is 0 Å². The zero-order chi connectivity index (χ0) is 12.6. The Labute approximate surface area is 103 Å². The molecule has 17 heavy (non-hydrogen) atoms. The van der Waals surface area contributed by atoms with Crippen LogP contribution in [0.4, 0.5) is 5.69 Å². The summed E-state index contributed by atoms with van der Waals surface area (Å²) in [5.74, 6) is 0.849. The molecule has 0 fully saturated rings. The molecule has 1 aromatic rings. The van der Waals surface area contributed by atoms with Crippen molar-refractivity contribution in [3.63, 3.8) is 0 Å². The predicted octanol–water partition coefficient (Wildman–Crippen LogP) is 3.91. The van der Waals surface area contributed by atoms with Crippen LogP contribution in [0.2, 0.25) is 0 Å². The summed E-state index contributed by atoms with van der Waals surface area (Å²) in [6.07, 6.45) is 0.959. The van der Waals surface area contributed by atoms with Crippen LogP contribution in [0.25, 0.3) is 11.3 Å². The summed E-state index contributed by atoms with van der Waals surface area (Å²) < 4.78 is 0.